The molecule has 0 aliphatic rings. The van der Waals surface area contributed by atoms with Crippen LogP contribution in [0.4, 0.5) is 5.69 Å². The number of benzene rings is 2. The van der Waals surface area contributed by atoms with Gasteiger partial charge in [-0.25, -0.2) is 8.42 Å². The highest BCUT2D eigenvalue weighted by Crippen LogP contribution is 2.31. The van der Waals surface area contributed by atoms with Gasteiger partial charge in [0.05, 0.1) is 22.2 Å². The molecule has 0 bridgehead atoms. The third-order valence-electron chi connectivity index (χ3n) is 3.09. The molecule has 9 heteroatoms. The Morgan fingerprint density at radius 1 is 1.29 bits per heavy atom. The van der Waals surface area contributed by atoms with Crippen molar-refractivity contribution in [2.75, 3.05) is 18.0 Å². The van der Waals surface area contributed by atoms with E-state index in [4.69, 9.17) is 21.4 Å². The number of halogens is 2. The molecule has 0 fully saturated rings. The minimum atomic E-state index is -4.11. The highest BCUT2D eigenvalue weighted by molar-refractivity contribution is 9.10. The Hall–Kier alpha value is -1.77. The lowest BCUT2D eigenvalue weighted by Gasteiger charge is -2.23. The van der Waals surface area contributed by atoms with Crippen LogP contribution in [0.5, 0.6) is 5.75 Å². The molecule has 128 valence electrons. The van der Waals surface area contributed by atoms with E-state index in [-0.39, 0.29) is 10.6 Å². The lowest BCUT2D eigenvalue weighted by molar-refractivity contribution is -0.135. The van der Waals surface area contributed by atoms with Gasteiger partial charge in [0.1, 0.15) is 12.3 Å². The molecule has 0 spiro atoms. The van der Waals surface area contributed by atoms with E-state index in [0.29, 0.717) is 15.2 Å². The normalized spacial score (nSPS) is 11.1. The molecule has 0 saturated heterocycles. The van der Waals surface area contributed by atoms with Crippen LogP contribution in [0.25, 0.3) is 0 Å². The van der Waals surface area contributed by atoms with Crippen LogP contribution in [0.3, 0.4) is 0 Å². The summed E-state index contributed by atoms with van der Waals surface area (Å²) in [6.07, 6.45) is 0. The van der Waals surface area contributed by atoms with Crippen molar-refractivity contribution in [1.29, 1.82) is 0 Å². The first-order valence-electron chi connectivity index (χ1n) is 6.59. The molecule has 0 aliphatic carbocycles. The first kappa shape index (κ1) is 18.6. The zero-order valence-corrected chi connectivity index (χ0v) is 15.6. The average molecular weight is 435 g/mol. The molecule has 0 atom stereocenters. The molecular weight excluding hydrogens is 422 g/mol. The average Bonchev–Trinajstić information content (AvgIpc) is 2.52. The largest absolute Gasteiger partial charge is 0.496 e. The molecule has 0 radical (unpaired) electrons. The second-order valence-corrected chi connectivity index (χ2v) is 7.83. The summed E-state index contributed by atoms with van der Waals surface area (Å²) in [6, 6.07) is 10.2. The predicted octanol–water partition coefficient (Wildman–Crippen LogP) is 3.39. The minimum Gasteiger partial charge on any atom is -0.496 e. The fourth-order valence-electron chi connectivity index (χ4n) is 2.00. The Kier molecular flexibility index (Phi) is 5.74. The lowest BCUT2D eigenvalue weighted by atomic mass is 10.3. The van der Waals surface area contributed by atoms with Gasteiger partial charge in [0, 0.05) is 5.02 Å². The fourth-order valence-corrected chi connectivity index (χ4v) is 4.31. The first-order chi connectivity index (χ1) is 11.3. The van der Waals surface area contributed by atoms with Crippen LogP contribution in [0, 0.1) is 0 Å². The van der Waals surface area contributed by atoms with Crippen LogP contribution < -0.4 is 9.04 Å². The highest BCUT2D eigenvalue weighted by Gasteiger charge is 2.28. The van der Waals surface area contributed by atoms with E-state index < -0.39 is 22.5 Å². The minimum absolute atomic E-state index is 0.0728. The highest BCUT2D eigenvalue weighted by atomic mass is 79.9. The number of hydrogen-bond donors (Lipinski definition) is 1. The number of aliphatic carboxylic acids is 1. The van der Waals surface area contributed by atoms with Gasteiger partial charge in [0.2, 0.25) is 0 Å². The van der Waals surface area contributed by atoms with Crippen LogP contribution in [0.1, 0.15) is 0 Å². The third-order valence-corrected chi connectivity index (χ3v) is 5.71. The molecule has 2 aromatic rings. The molecule has 0 amide bonds. The summed E-state index contributed by atoms with van der Waals surface area (Å²) in [5, 5.41) is 9.39. The molecule has 0 saturated carbocycles. The van der Waals surface area contributed by atoms with E-state index in [1.54, 1.807) is 12.1 Å². The van der Waals surface area contributed by atoms with Crippen molar-refractivity contribution >= 4 is 49.2 Å². The van der Waals surface area contributed by atoms with Crippen LogP contribution >= 0.6 is 27.5 Å². The maximum absolute atomic E-state index is 12.9. The summed E-state index contributed by atoms with van der Waals surface area (Å²) >= 11 is 9.12. The molecule has 24 heavy (non-hydrogen) atoms. The van der Waals surface area contributed by atoms with Crippen LogP contribution in [0.15, 0.2) is 51.8 Å². The number of anilines is 1. The van der Waals surface area contributed by atoms with Crippen molar-refractivity contribution in [3.63, 3.8) is 0 Å². The van der Waals surface area contributed by atoms with Gasteiger partial charge in [-0.05, 0) is 52.3 Å². The monoisotopic (exact) mass is 433 g/mol. The Labute approximate surface area is 152 Å². The van der Waals surface area contributed by atoms with Gasteiger partial charge >= 0.3 is 5.97 Å². The van der Waals surface area contributed by atoms with Crippen LogP contribution in [0.2, 0.25) is 5.02 Å². The number of carboxylic acids is 1. The molecule has 6 nitrogen and oxygen atoms in total. The van der Waals surface area contributed by atoms with Crippen molar-refractivity contribution in [2.45, 2.75) is 4.90 Å². The van der Waals surface area contributed by atoms with Gasteiger partial charge in [0.25, 0.3) is 10.0 Å². The Bertz CT molecular complexity index is 872. The summed E-state index contributed by atoms with van der Waals surface area (Å²) in [6.45, 7) is -0.730. The maximum atomic E-state index is 12.9. The van der Waals surface area contributed by atoms with Gasteiger partial charge in [-0.15, -0.1) is 0 Å². The number of methoxy groups -OCH3 is 1. The van der Waals surface area contributed by atoms with Gasteiger partial charge < -0.3 is 9.84 Å². The molecule has 1 N–H and O–H groups in total. The van der Waals surface area contributed by atoms with E-state index in [0.717, 1.165) is 4.31 Å². The van der Waals surface area contributed by atoms with Crippen molar-refractivity contribution in [2.24, 2.45) is 0 Å². The summed E-state index contributed by atoms with van der Waals surface area (Å²) in [7, 11) is -2.65. The van der Waals surface area contributed by atoms with E-state index >= 15 is 0 Å². The van der Waals surface area contributed by atoms with Crippen molar-refractivity contribution in [3.8, 4) is 5.75 Å². The number of rotatable bonds is 6. The zero-order valence-electron chi connectivity index (χ0n) is 12.4. The molecule has 0 aromatic heterocycles. The van der Waals surface area contributed by atoms with Crippen molar-refractivity contribution in [1.82, 2.24) is 0 Å². The number of ether oxygens (including phenoxy) is 1. The van der Waals surface area contributed by atoms with E-state index in [2.05, 4.69) is 15.9 Å². The molecule has 0 aliphatic heterocycles. The summed E-state index contributed by atoms with van der Waals surface area (Å²) in [4.78, 5) is 11.1. The van der Waals surface area contributed by atoms with E-state index in [1.165, 1.54) is 37.4 Å². The maximum Gasteiger partial charge on any atom is 0.324 e. The zero-order chi connectivity index (χ0) is 17.9. The van der Waals surface area contributed by atoms with Crippen molar-refractivity contribution in [3.05, 3.63) is 52.0 Å². The Morgan fingerprint density at radius 3 is 2.54 bits per heavy atom. The molecule has 0 unspecified atom stereocenters. The number of sulfonamides is 1. The molecule has 0 heterocycles. The second kappa shape index (κ2) is 7.42. The number of hydrogen-bond acceptors (Lipinski definition) is 4. The number of nitrogens with zero attached hydrogens (tertiary/aromatic N) is 1. The van der Waals surface area contributed by atoms with Gasteiger partial charge in [-0.1, -0.05) is 17.7 Å². The smallest absolute Gasteiger partial charge is 0.324 e. The summed E-state index contributed by atoms with van der Waals surface area (Å²) < 4.78 is 32.1. The summed E-state index contributed by atoms with van der Waals surface area (Å²) in [5.41, 5.74) is 0.164. The first-order valence-corrected chi connectivity index (χ1v) is 9.20. The fraction of sp³-hybridized carbons (Fsp3) is 0.133. The predicted molar refractivity (Wildman–Crippen MR) is 94.3 cm³/mol. The van der Waals surface area contributed by atoms with Gasteiger partial charge in [-0.3, -0.25) is 9.10 Å². The lowest BCUT2D eigenvalue weighted by Crippen LogP contribution is -2.35. The second-order valence-electron chi connectivity index (χ2n) is 4.68. The van der Waals surface area contributed by atoms with Crippen LogP contribution in [-0.2, 0) is 14.8 Å². The Balaban J connectivity index is 2.55. The standard InChI is InChI=1S/C15H13BrClNO5S/c1-23-14-6-5-12(8-13(14)16)24(21,22)18(9-15(19)20)11-4-2-3-10(17)7-11/h2-8H,9H2,1H3,(H,19,20). The summed E-state index contributed by atoms with van der Waals surface area (Å²) in [5.74, 6) is -0.826. The van der Waals surface area contributed by atoms with E-state index in [1.807, 2.05) is 0 Å². The molecular formula is C15H13BrClNO5S. The molecule has 2 aromatic carbocycles. The SMILES string of the molecule is COc1ccc(S(=O)(=O)N(CC(=O)O)c2cccc(Cl)c2)cc1Br. The topological polar surface area (TPSA) is 83.9 Å². The number of carboxylic acid groups (broad SMARTS) is 1. The van der Waals surface area contributed by atoms with Gasteiger partial charge in [0.15, 0.2) is 0 Å². The van der Waals surface area contributed by atoms with Gasteiger partial charge in [-0.2, -0.15) is 0 Å². The molecule has 2 rings (SSSR count). The third kappa shape index (κ3) is 4.00. The van der Waals surface area contributed by atoms with Crippen molar-refractivity contribution < 1.29 is 23.1 Å². The number of carbonyl (C=O) groups is 1. The van der Waals surface area contributed by atoms with Crippen LogP contribution in [-0.4, -0.2) is 33.1 Å². The van der Waals surface area contributed by atoms with E-state index in [9.17, 15) is 13.2 Å². The quantitative estimate of drug-likeness (QED) is 0.753. The Morgan fingerprint density at radius 2 is 2.00 bits per heavy atom.